The second kappa shape index (κ2) is 6.10. The molecule has 0 aliphatic carbocycles. The van der Waals surface area contributed by atoms with Crippen LogP contribution in [0.3, 0.4) is 0 Å². The first kappa shape index (κ1) is 12.5. The molecule has 1 aliphatic heterocycles. The van der Waals surface area contributed by atoms with Crippen molar-refractivity contribution in [3.05, 3.63) is 21.9 Å². The average molecular weight is 266 g/mol. The highest BCUT2D eigenvalue weighted by Gasteiger charge is 2.19. The second-order valence-corrected chi connectivity index (χ2v) is 5.75. The van der Waals surface area contributed by atoms with Gasteiger partial charge in [0.2, 0.25) is 0 Å². The fourth-order valence-corrected chi connectivity index (χ4v) is 3.25. The van der Waals surface area contributed by atoms with Crippen LogP contribution in [-0.2, 0) is 0 Å². The highest BCUT2D eigenvalue weighted by atomic mass is 32.2. The van der Waals surface area contributed by atoms with Gasteiger partial charge < -0.3 is 10.6 Å². The number of carbonyl (C=O) groups is 1. The number of carbonyl (C=O) groups excluding carboxylic acids is 1. The first-order valence-corrected chi connectivity index (χ1v) is 7.49. The Hall–Kier alpha value is -0.960. The van der Waals surface area contributed by atoms with E-state index in [1.54, 1.807) is 0 Å². The van der Waals surface area contributed by atoms with E-state index in [1.165, 1.54) is 11.3 Å². The van der Waals surface area contributed by atoms with E-state index in [0.29, 0.717) is 6.54 Å². The third-order valence-electron chi connectivity index (χ3n) is 2.46. The van der Waals surface area contributed by atoms with Gasteiger partial charge in [-0.1, -0.05) is 11.8 Å². The van der Waals surface area contributed by atoms with Crippen LogP contribution >= 0.6 is 23.1 Å². The van der Waals surface area contributed by atoms with E-state index in [1.807, 2.05) is 28.1 Å². The van der Waals surface area contributed by atoms with Crippen LogP contribution in [0.4, 0.5) is 0 Å². The molecule has 17 heavy (non-hydrogen) atoms. The largest absolute Gasteiger partial charge is 0.337 e. The van der Waals surface area contributed by atoms with Crippen LogP contribution in [0.25, 0.3) is 0 Å². The number of thioether (sulfide) groups is 1. The van der Waals surface area contributed by atoms with Crippen LogP contribution in [0.2, 0.25) is 0 Å². The second-order valence-electron chi connectivity index (χ2n) is 3.61. The molecule has 0 spiro atoms. The van der Waals surface area contributed by atoms with Gasteiger partial charge in [0, 0.05) is 30.0 Å². The Morgan fingerprint density at radius 3 is 2.94 bits per heavy atom. The molecule has 1 amide bonds. The molecule has 3 nitrogen and oxygen atoms in total. The average Bonchev–Trinajstić information content (AvgIpc) is 2.85. The van der Waals surface area contributed by atoms with Crippen molar-refractivity contribution in [1.29, 1.82) is 0 Å². The van der Waals surface area contributed by atoms with Gasteiger partial charge >= 0.3 is 0 Å². The van der Waals surface area contributed by atoms with E-state index in [0.717, 1.165) is 35.0 Å². The summed E-state index contributed by atoms with van der Waals surface area (Å²) < 4.78 is 0. The van der Waals surface area contributed by atoms with Crippen LogP contribution in [0, 0.1) is 11.8 Å². The van der Waals surface area contributed by atoms with Gasteiger partial charge in [-0.15, -0.1) is 11.3 Å². The molecule has 1 fully saturated rings. The number of hydrogen-bond acceptors (Lipinski definition) is 4. The number of thiophene rings is 1. The number of amides is 1. The van der Waals surface area contributed by atoms with Gasteiger partial charge in [0.15, 0.2) is 0 Å². The molecule has 0 saturated carbocycles. The minimum absolute atomic E-state index is 0.127. The minimum Gasteiger partial charge on any atom is -0.337 e. The lowest BCUT2D eigenvalue weighted by Gasteiger charge is -2.25. The predicted molar refractivity (Wildman–Crippen MR) is 73.5 cm³/mol. The van der Waals surface area contributed by atoms with Crippen molar-refractivity contribution in [3.63, 3.8) is 0 Å². The van der Waals surface area contributed by atoms with E-state index >= 15 is 0 Å². The number of nitrogens with two attached hydrogens (primary N) is 1. The lowest BCUT2D eigenvalue weighted by atomic mass is 10.2. The molecule has 90 valence electrons. The zero-order chi connectivity index (χ0) is 12.1. The number of hydrogen-bond donors (Lipinski definition) is 1. The number of rotatable bonds is 1. The molecule has 0 unspecified atom stereocenters. The lowest BCUT2D eigenvalue weighted by Crippen LogP contribution is -2.37. The summed E-state index contributed by atoms with van der Waals surface area (Å²) >= 11 is 3.40. The van der Waals surface area contributed by atoms with Crippen LogP contribution in [0.15, 0.2) is 11.4 Å². The molecule has 0 radical (unpaired) electrons. The van der Waals surface area contributed by atoms with Gasteiger partial charge in [0.1, 0.15) is 0 Å². The summed E-state index contributed by atoms with van der Waals surface area (Å²) in [5.74, 6) is 7.95. The molecular weight excluding hydrogens is 252 g/mol. The van der Waals surface area contributed by atoms with Crippen molar-refractivity contribution in [2.75, 3.05) is 31.1 Å². The van der Waals surface area contributed by atoms with Gasteiger partial charge in [-0.3, -0.25) is 4.79 Å². The van der Waals surface area contributed by atoms with Crippen LogP contribution in [0.5, 0.6) is 0 Å². The van der Waals surface area contributed by atoms with Crippen molar-refractivity contribution >= 4 is 29.0 Å². The summed E-state index contributed by atoms with van der Waals surface area (Å²) in [6.07, 6.45) is 0. The van der Waals surface area contributed by atoms with Gasteiger partial charge in [0.05, 0.1) is 17.0 Å². The highest BCUT2D eigenvalue weighted by Crippen LogP contribution is 2.18. The van der Waals surface area contributed by atoms with Crippen LogP contribution in [-0.4, -0.2) is 41.9 Å². The van der Waals surface area contributed by atoms with Gasteiger partial charge in [-0.25, -0.2) is 0 Å². The van der Waals surface area contributed by atoms with E-state index in [-0.39, 0.29) is 5.91 Å². The molecule has 2 N–H and O–H groups in total. The molecule has 1 aromatic heterocycles. The normalized spacial score (nSPS) is 15.2. The summed E-state index contributed by atoms with van der Waals surface area (Å²) in [7, 11) is 0. The van der Waals surface area contributed by atoms with Gasteiger partial charge in [-0.2, -0.15) is 11.8 Å². The third kappa shape index (κ3) is 3.25. The molecule has 2 rings (SSSR count). The van der Waals surface area contributed by atoms with Crippen molar-refractivity contribution in [2.24, 2.45) is 5.73 Å². The van der Waals surface area contributed by atoms with E-state index in [2.05, 4.69) is 11.8 Å². The number of nitrogens with zero attached hydrogens (tertiary/aromatic N) is 1. The Labute approximate surface area is 109 Å². The van der Waals surface area contributed by atoms with Crippen LogP contribution < -0.4 is 5.73 Å². The van der Waals surface area contributed by atoms with Gasteiger partial charge in [-0.05, 0) is 6.07 Å². The summed E-state index contributed by atoms with van der Waals surface area (Å²) in [6.45, 7) is 2.05. The van der Waals surface area contributed by atoms with E-state index < -0.39 is 0 Å². The molecular formula is C12H14N2OS2. The zero-order valence-corrected chi connectivity index (χ0v) is 11.1. The van der Waals surface area contributed by atoms with E-state index in [4.69, 9.17) is 5.73 Å². The first-order chi connectivity index (χ1) is 8.31. The standard InChI is InChI=1S/C12H14N2OS2/c13-3-1-2-11-8-10(9-17-11)12(15)14-4-6-16-7-5-14/h8-9H,3-7,13H2. The maximum absolute atomic E-state index is 12.1. The molecule has 0 aromatic carbocycles. The van der Waals surface area contributed by atoms with Crippen molar-refractivity contribution in [2.45, 2.75) is 0 Å². The molecule has 1 saturated heterocycles. The molecule has 0 bridgehead atoms. The summed E-state index contributed by atoms with van der Waals surface area (Å²) in [5, 5.41) is 1.88. The SMILES string of the molecule is NCC#Cc1cc(C(=O)N2CCSCC2)cs1. The topological polar surface area (TPSA) is 46.3 Å². The monoisotopic (exact) mass is 266 g/mol. The van der Waals surface area contributed by atoms with Crippen molar-refractivity contribution in [3.8, 4) is 11.8 Å². The van der Waals surface area contributed by atoms with Crippen LogP contribution in [0.1, 0.15) is 15.2 Å². The molecule has 2 heterocycles. The Morgan fingerprint density at radius 2 is 2.24 bits per heavy atom. The fourth-order valence-electron chi connectivity index (χ4n) is 1.60. The molecule has 5 heteroatoms. The smallest absolute Gasteiger partial charge is 0.254 e. The Kier molecular flexibility index (Phi) is 4.49. The third-order valence-corrected chi connectivity index (χ3v) is 4.25. The summed E-state index contributed by atoms with van der Waals surface area (Å²) in [4.78, 5) is 15.0. The minimum atomic E-state index is 0.127. The molecule has 0 atom stereocenters. The predicted octanol–water partition coefficient (Wildman–Crippen LogP) is 1.25. The molecule has 1 aromatic rings. The fraction of sp³-hybridized carbons (Fsp3) is 0.417. The quantitative estimate of drug-likeness (QED) is 0.778. The summed E-state index contributed by atoms with van der Waals surface area (Å²) in [5.41, 5.74) is 6.07. The van der Waals surface area contributed by atoms with Crippen molar-refractivity contribution in [1.82, 2.24) is 4.90 Å². The zero-order valence-electron chi connectivity index (χ0n) is 9.44. The lowest BCUT2D eigenvalue weighted by molar-refractivity contribution is 0.0773. The Morgan fingerprint density at radius 1 is 1.47 bits per heavy atom. The molecule has 1 aliphatic rings. The maximum Gasteiger partial charge on any atom is 0.254 e. The maximum atomic E-state index is 12.1. The van der Waals surface area contributed by atoms with Gasteiger partial charge in [0.25, 0.3) is 5.91 Å². The first-order valence-electron chi connectivity index (χ1n) is 5.46. The highest BCUT2D eigenvalue weighted by molar-refractivity contribution is 7.99. The Bertz CT molecular complexity index is 453. The van der Waals surface area contributed by atoms with Crippen molar-refractivity contribution < 1.29 is 4.79 Å². The Balaban J connectivity index is 2.06. The van der Waals surface area contributed by atoms with E-state index in [9.17, 15) is 4.79 Å². The summed E-state index contributed by atoms with van der Waals surface area (Å²) in [6, 6.07) is 1.86.